The maximum atomic E-state index is 14.2. The van der Waals surface area contributed by atoms with Crippen molar-refractivity contribution >= 4 is 33.4 Å². The Morgan fingerprint density at radius 1 is 1.07 bits per heavy atom. The highest BCUT2D eigenvalue weighted by molar-refractivity contribution is 9.10. The molecule has 0 saturated heterocycles. The summed E-state index contributed by atoms with van der Waals surface area (Å²) < 4.78 is 14.8. The van der Waals surface area contributed by atoms with E-state index < -0.39 is 17.8 Å². The molecule has 1 aliphatic heterocycles. The second kappa shape index (κ2) is 8.17. The number of hydrogen-bond acceptors (Lipinski definition) is 2. The van der Waals surface area contributed by atoms with Gasteiger partial charge in [0.05, 0.1) is 5.69 Å². The van der Waals surface area contributed by atoms with E-state index in [9.17, 15) is 14.0 Å². The van der Waals surface area contributed by atoms with Crippen molar-refractivity contribution < 1.29 is 14.0 Å². The highest BCUT2D eigenvalue weighted by Crippen LogP contribution is 2.27. The lowest BCUT2D eigenvalue weighted by Crippen LogP contribution is -2.45. The maximum absolute atomic E-state index is 14.2. The molecule has 4 nitrogen and oxygen atoms in total. The molecule has 2 amide bonds. The highest BCUT2D eigenvalue weighted by atomic mass is 79.9. The average molecular weight is 453 g/mol. The Morgan fingerprint density at radius 2 is 1.79 bits per heavy atom. The molecule has 0 unspecified atom stereocenters. The van der Waals surface area contributed by atoms with Crippen LogP contribution < -0.4 is 5.32 Å². The molecule has 0 bridgehead atoms. The van der Waals surface area contributed by atoms with Gasteiger partial charge >= 0.3 is 0 Å². The molecule has 0 aromatic heterocycles. The molecule has 0 spiro atoms. The van der Waals surface area contributed by atoms with Crippen LogP contribution in [0.25, 0.3) is 0 Å². The molecular formula is C23H18BrFN2O2. The number of rotatable bonds is 5. The number of hydrogen-bond donors (Lipinski definition) is 1. The zero-order valence-electron chi connectivity index (χ0n) is 15.4. The van der Waals surface area contributed by atoms with E-state index in [2.05, 4.69) is 21.2 Å². The second-order valence-corrected chi connectivity index (χ2v) is 7.82. The number of carbonyl (C=O) groups excluding carboxylic acids is 2. The van der Waals surface area contributed by atoms with Crippen LogP contribution >= 0.6 is 15.9 Å². The Morgan fingerprint density at radius 3 is 2.52 bits per heavy atom. The van der Waals surface area contributed by atoms with Crippen molar-refractivity contribution in [2.45, 2.75) is 19.0 Å². The molecule has 6 heteroatoms. The van der Waals surface area contributed by atoms with E-state index in [1.807, 2.05) is 48.5 Å². The van der Waals surface area contributed by atoms with Gasteiger partial charge in [-0.2, -0.15) is 0 Å². The number of benzene rings is 3. The van der Waals surface area contributed by atoms with Crippen molar-refractivity contribution in [1.29, 1.82) is 0 Å². The summed E-state index contributed by atoms with van der Waals surface area (Å²) in [6, 6.07) is 20.5. The fourth-order valence-corrected chi connectivity index (χ4v) is 3.85. The van der Waals surface area contributed by atoms with Crippen LogP contribution in [0, 0.1) is 5.82 Å². The van der Waals surface area contributed by atoms with Crippen molar-refractivity contribution in [3.05, 3.63) is 99.8 Å². The number of amides is 2. The molecule has 4 rings (SSSR count). The van der Waals surface area contributed by atoms with Crippen molar-refractivity contribution in [2.24, 2.45) is 0 Å². The van der Waals surface area contributed by atoms with Gasteiger partial charge in [-0.25, -0.2) is 4.39 Å². The minimum absolute atomic E-state index is 0.0837. The summed E-state index contributed by atoms with van der Waals surface area (Å²) in [6.45, 7) is 0.350. The molecule has 0 aliphatic carbocycles. The Bertz CT molecular complexity index is 1070. The number of anilines is 1. The zero-order chi connectivity index (χ0) is 20.4. The van der Waals surface area contributed by atoms with Crippen LogP contribution in [-0.2, 0) is 17.8 Å². The largest absolute Gasteiger partial charge is 0.322 e. The van der Waals surface area contributed by atoms with Gasteiger partial charge in [0.1, 0.15) is 11.9 Å². The molecule has 1 N–H and O–H groups in total. The molecule has 1 atom stereocenters. The van der Waals surface area contributed by atoms with Crippen LogP contribution in [0.5, 0.6) is 0 Å². The van der Waals surface area contributed by atoms with Gasteiger partial charge in [0.15, 0.2) is 0 Å². The van der Waals surface area contributed by atoms with Crippen molar-refractivity contribution in [3.63, 3.8) is 0 Å². The van der Waals surface area contributed by atoms with Gasteiger partial charge < -0.3 is 10.2 Å². The van der Waals surface area contributed by atoms with Crippen LogP contribution in [0.4, 0.5) is 10.1 Å². The average Bonchev–Trinajstić information content (AvgIpc) is 3.05. The fourth-order valence-electron chi connectivity index (χ4n) is 3.52. The number of nitrogens with one attached hydrogen (secondary N) is 1. The van der Waals surface area contributed by atoms with E-state index in [-0.39, 0.29) is 11.6 Å². The smallest absolute Gasteiger partial charge is 0.255 e. The van der Waals surface area contributed by atoms with Crippen molar-refractivity contribution in [3.8, 4) is 0 Å². The maximum Gasteiger partial charge on any atom is 0.255 e. The van der Waals surface area contributed by atoms with E-state index in [1.165, 1.54) is 12.1 Å². The molecule has 146 valence electrons. The Balaban J connectivity index is 1.63. The summed E-state index contributed by atoms with van der Waals surface area (Å²) in [6.07, 6.45) is 0.338. The van der Waals surface area contributed by atoms with Crippen LogP contribution in [0.15, 0.2) is 77.3 Å². The number of carbonyl (C=O) groups is 2. The van der Waals surface area contributed by atoms with E-state index in [0.29, 0.717) is 23.0 Å². The standard InChI is InChI=1S/C23H18BrFN2O2/c24-17-10-11-20(19(25)13-17)26-22(28)21(12-15-6-2-1-3-7-15)27-14-16-8-4-5-9-18(16)23(27)29/h1-11,13,21H,12,14H2,(H,26,28)/t21-/m0/s1. The van der Waals surface area contributed by atoms with Crippen LogP contribution in [0.2, 0.25) is 0 Å². The van der Waals surface area contributed by atoms with Gasteiger partial charge in [0.25, 0.3) is 5.91 Å². The first-order valence-corrected chi connectivity index (χ1v) is 10.0. The Labute approximate surface area is 176 Å². The van der Waals surface area contributed by atoms with Crippen LogP contribution in [0.3, 0.4) is 0 Å². The third kappa shape index (κ3) is 4.07. The lowest BCUT2D eigenvalue weighted by Gasteiger charge is -2.27. The predicted molar refractivity (Wildman–Crippen MR) is 113 cm³/mol. The summed E-state index contributed by atoms with van der Waals surface area (Å²) in [7, 11) is 0. The molecule has 29 heavy (non-hydrogen) atoms. The number of nitrogens with zero attached hydrogens (tertiary/aromatic N) is 1. The van der Waals surface area contributed by atoms with E-state index >= 15 is 0 Å². The lowest BCUT2D eigenvalue weighted by atomic mass is 10.0. The SMILES string of the molecule is O=C(Nc1ccc(Br)cc1F)[C@H](Cc1ccccc1)N1Cc2ccccc2C1=O. The first-order chi connectivity index (χ1) is 14.0. The predicted octanol–water partition coefficient (Wildman–Crippen LogP) is 4.79. The molecule has 3 aromatic rings. The third-order valence-electron chi connectivity index (χ3n) is 4.99. The monoisotopic (exact) mass is 452 g/mol. The molecule has 0 fully saturated rings. The van der Waals surface area contributed by atoms with Crippen LogP contribution in [-0.4, -0.2) is 22.8 Å². The summed E-state index contributed by atoms with van der Waals surface area (Å²) in [4.78, 5) is 27.7. The Kier molecular flexibility index (Phi) is 5.45. The molecule has 0 radical (unpaired) electrons. The molecule has 3 aromatic carbocycles. The Hall–Kier alpha value is -2.99. The molecular weight excluding hydrogens is 435 g/mol. The third-order valence-corrected chi connectivity index (χ3v) is 5.48. The van der Waals surface area contributed by atoms with Gasteiger partial charge in [0.2, 0.25) is 5.91 Å². The zero-order valence-corrected chi connectivity index (χ0v) is 17.0. The number of fused-ring (bicyclic) bond motifs is 1. The summed E-state index contributed by atoms with van der Waals surface area (Å²) >= 11 is 3.21. The van der Waals surface area contributed by atoms with Crippen LogP contribution in [0.1, 0.15) is 21.5 Å². The topological polar surface area (TPSA) is 49.4 Å². The highest BCUT2D eigenvalue weighted by Gasteiger charge is 2.36. The quantitative estimate of drug-likeness (QED) is 0.604. The lowest BCUT2D eigenvalue weighted by molar-refractivity contribution is -0.120. The summed E-state index contributed by atoms with van der Waals surface area (Å²) in [5.74, 6) is -1.15. The van der Waals surface area contributed by atoms with Gasteiger partial charge in [-0.1, -0.05) is 64.5 Å². The molecule has 0 saturated carbocycles. The van der Waals surface area contributed by atoms with E-state index in [4.69, 9.17) is 0 Å². The molecule has 1 aliphatic rings. The fraction of sp³-hybridized carbons (Fsp3) is 0.130. The first-order valence-electron chi connectivity index (χ1n) is 9.21. The normalized spacial score (nSPS) is 13.9. The van der Waals surface area contributed by atoms with Gasteiger partial charge in [0, 0.05) is 23.0 Å². The minimum atomic E-state index is -0.764. The summed E-state index contributed by atoms with van der Waals surface area (Å²) in [5.41, 5.74) is 2.50. The van der Waals surface area contributed by atoms with E-state index in [1.54, 1.807) is 17.0 Å². The van der Waals surface area contributed by atoms with Gasteiger partial charge in [-0.15, -0.1) is 0 Å². The first kappa shape index (κ1) is 19.3. The van der Waals surface area contributed by atoms with Crippen molar-refractivity contribution in [1.82, 2.24) is 4.90 Å². The van der Waals surface area contributed by atoms with E-state index in [0.717, 1.165) is 11.1 Å². The number of halogens is 2. The van der Waals surface area contributed by atoms with Gasteiger partial charge in [-0.3, -0.25) is 9.59 Å². The van der Waals surface area contributed by atoms with Crippen molar-refractivity contribution in [2.75, 3.05) is 5.32 Å². The second-order valence-electron chi connectivity index (χ2n) is 6.91. The summed E-state index contributed by atoms with van der Waals surface area (Å²) in [5, 5.41) is 2.65. The minimum Gasteiger partial charge on any atom is -0.322 e. The molecule has 1 heterocycles. The van der Waals surface area contributed by atoms with Gasteiger partial charge in [-0.05, 0) is 35.4 Å².